The highest BCUT2D eigenvalue weighted by atomic mass is 35.5. The average Bonchev–Trinajstić information content (AvgIpc) is 2.53. The fraction of sp³-hybridized carbons (Fsp3) is 0.600. The fourth-order valence-electron chi connectivity index (χ4n) is 2.64. The van der Waals surface area contributed by atoms with Crippen molar-refractivity contribution in [1.82, 2.24) is 10.2 Å². The molecule has 3 nitrogen and oxygen atoms in total. The molecule has 1 N–H and O–H groups in total. The molecule has 24 heavy (non-hydrogen) atoms. The monoisotopic (exact) mass is 374 g/mol. The van der Waals surface area contributed by atoms with Crippen molar-refractivity contribution in [2.75, 3.05) is 32.9 Å². The summed E-state index contributed by atoms with van der Waals surface area (Å²) >= 11 is 0. The molecule has 1 aliphatic rings. The van der Waals surface area contributed by atoms with E-state index in [1.807, 2.05) is 4.90 Å². The van der Waals surface area contributed by atoms with Crippen molar-refractivity contribution in [2.45, 2.75) is 25.0 Å². The van der Waals surface area contributed by atoms with Gasteiger partial charge in [-0.3, -0.25) is 9.29 Å². The van der Waals surface area contributed by atoms with Gasteiger partial charge in [0.05, 0.1) is 6.67 Å². The molecule has 1 heterocycles. The number of nitrogens with zero attached hydrogens (tertiary/aromatic N) is 1. The number of piperazine rings is 1. The zero-order valence-electron chi connectivity index (χ0n) is 12.9. The summed E-state index contributed by atoms with van der Waals surface area (Å²) in [5.41, 5.74) is 0.576. The Kier molecular flexibility index (Phi) is 8.18. The van der Waals surface area contributed by atoms with Gasteiger partial charge in [0, 0.05) is 32.2 Å². The van der Waals surface area contributed by atoms with Crippen LogP contribution in [0.1, 0.15) is 18.0 Å². The highest BCUT2D eigenvalue weighted by Gasteiger charge is 2.44. The first-order valence-corrected chi connectivity index (χ1v) is 7.39. The van der Waals surface area contributed by atoms with Crippen LogP contribution in [-0.4, -0.2) is 50.3 Å². The number of ether oxygens (including phenoxy) is 1. The Morgan fingerprint density at radius 1 is 1.21 bits per heavy atom. The van der Waals surface area contributed by atoms with Crippen LogP contribution in [0.25, 0.3) is 0 Å². The number of hydrogen-bond acceptors (Lipinski definition) is 3. The summed E-state index contributed by atoms with van der Waals surface area (Å²) in [6.45, 7) is 2.34. The highest BCUT2D eigenvalue weighted by Crippen LogP contribution is 2.31. The van der Waals surface area contributed by atoms with Crippen LogP contribution >= 0.6 is 12.4 Å². The fourth-order valence-corrected chi connectivity index (χ4v) is 2.64. The summed E-state index contributed by atoms with van der Waals surface area (Å²) in [4.78, 5) is 2.04. The minimum absolute atomic E-state index is 0. The van der Waals surface area contributed by atoms with E-state index in [1.165, 1.54) is 18.2 Å². The molecule has 1 aromatic carbocycles. The van der Waals surface area contributed by atoms with Crippen LogP contribution in [0, 0.1) is 0 Å². The second kappa shape index (κ2) is 9.39. The minimum Gasteiger partial charge on any atom is -0.428 e. The van der Waals surface area contributed by atoms with Crippen molar-refractivity contribution in [3.8, 4) is 5.75 Å². The molecule has 0 unspecified atom stereocenters. The molecule has 0 aliphatic carbocycles. The van der Waals surface area contributed by atoms with Gasteiger partial charge in [0.15, 0.2) is 0 Å². The van der Waals surface area contributed by atoms with Gasteiger partial charge in [0.25, 0.3) is 0 Å². The lowest BCUT2D eigenvalue weighted by Crippen LogP contribution is -2.45. The third-order valence-electron chi connectivity index (χ3n) is 3.73. The van der Waals surface area contributed by atoms with Gasteiger partial charge in [0.2, 0.25) is 0 Å². The molecule has 2 rings (SSSR count). The second-order valence-corrected chi connectivity index (χ2v) is 5.32. The number of rotatable bonds is 7. The molecule has 0 saturated carbocycles. The number of hydrogen-bond donors (Lipinski definition) is 1. The third kappa shape index (κ3) is 5.46. The second-order valence-electron chi connectivity index (χ2n) is 5.32. The van der Waals surface area contributed by atoms with Crippen LogP contribution in [0.2, 0.25) is 0 Å². The van der Waals surface area contributed by atoms with Crippen molar-refractivity contribution in [1.29, 1.82) is 0 Å². The van der Waals surface area contributed by atoms with Crippen molar-refractivity contribution in [3.63, 3.8) is 0 Å². The van der Waals surface area contributed by atoms with Crippen LogP contribution in [0.5, 0.6) is 5.75 Å². The topological polar surface area (TPSA) is 24.5 Å². The molecule has 1 fully saturated rings. The van der Waals surface area contributed by atoms with E-state index in [9.17, 15) is 22.0 Å². The maximum absolute atomic E-state index is 13.0. The molecule has 1 aliphatic heterocycles. The predicted molar refractivity (Wildman–Crippen MR) is 83.0 cm³/mol. The summed E-state index contributed by atoms with van der Waals surface area (Å²) < 4.78 is 67.5. The van der Waals surface area contributed by atoms with Gasteiger partial charge in [-0.05, 0) is 24.1 Å². The zero-order chi connectivity index (χ0) is 16.9. The first kappa shape index (κ1) is 20.9. The molecule has 0 radical (unpaired) electrons. The lowest BCUT2D eigenvalue weighted by Gasteiger charge is -2.35. The van der Waals surface area contributed by atoms with Gasteiger partial charge in [0.1, 0.15) is 5.75 Å². The lowest BCUT2D eigenvalue weighted by molar-refractivity contribution is -0.253. The van der Waals surface area contributed by atoms with Crippen LogP contribution < -0.4 is 10.1 Å². The average molecular weight is 375 g/mol. The number of alkyl halides is 5. The Hall–Kier alpha value is -1.12. The molecule has 138 valence electrons. The first-order valence-electron chi connectivity index (χ1n) is 7.39. The van der Waals surface area contributed by atoms with Gasteiger partial charge < -0.3 is 10.1 Å². The van der Waals surface area contributed by atoms with E-state index in [1.54, 1.807) is 6.07 Å². The van der Waals surface area contributed by atoms with Crippen LogP contribution in [0.4, 0.5) is 22.0 Å². The summed E-state index contributed by atoms with van der Waals surface area (Å²) in [5, 5.41) is 3.18. The van der Waals surface area contributed by atoms with E-state index in [-0.39, 0.29) is 30.6 Å². The number of benzene rings is 1. The van der Waals surface area contributed by atoms with E-state index in [0.29, 0.717) is 18.7 Å². The summed E-state index contributed by atoms with van der Waals surface area (Å²) in [6, 6.07) is 5.27. The van der Waals surface area contributed by atoms with E-state index in [4.69, 9.17) is 0 Å². The normalized spacial score (nSPS) is 17.4. The molecule has 1 aromatic rings. The van der Waals surface area contributed by atoms with E-state index >= 15 is 0 Å². The minimum atomic E-state index is -4.55. The first-order chi connectivity index (χ1) is 10.9. The van der Waals surface area contributed by atoms with E-state index < -0.39 is 19.2 Å². The van der Waals surface area contributed by atoms with Crippen molar-refractivity contribution < 1.29 is 26.7 Å². The van der Waals surface area contributed by atoms with E-state index in [2.05, 4.69) is 10.1 Å². The van der Waals surface area contributed by atoms with Crippen LogP contribution in [-0.2, 0) is 0 Å². The summed E-state index contributed by atoms with van der Waals surface area (Å²) in [6.07, 6.45) is -8.27. The SMILES string of the molecule is Cl.FCC[C@H](c1cccc(OC(F)(F)C(F)F)c1)N1CCNCC1. The molecule has 9 heteroatoms. The summed E-state index contributed by atoms with van der Waals surface area (Å²) in [5.74, 6) is -0.355. The molecule has 1 atom stereocenters. The Labute approximate surface area is 143 Å². The maximum Gasteiger partial charge on any atom is 0.461 e. The van der Waals surface area contributed by atoms with Gasteiger partial charge in [-0.15, -0.1) is 12.4 Å². The summed E-state index contributed by atoms with van der Waals surface area (Å²) in [7, 11) is 0. The largest absolute Gasteiger partial charge is 0.461 e. The van der Waals surface area contributed by atoms with Crippen molar-refractivity contribution >= 4 is 12.4 Å². The standard InChI is InChI=1S/C15H19F5N2O.ClH/c16-5-4-13(22-8-6-21-7-9-22)11-2-1-3-12(10-11)23-15(19,20)14(17)18;/h1-3,10,13-14,21H,4-9H2;1H/t13-;/m1./s1. The third-order valence-corrected chi connectivity index (χ3v) is 3.73. The Morgan fingerprint density at radius 3 is 2.46 bits per heavy atom. The number of halogens is 6. The highest BCUT2D eigenvalue weighted by molar-refractivity contribution is 5.85. The van der Waals surface area contributed by atoms with Gasteiger partial charge in [-0.25, -0.2) is 0 Å². The van der Waals surface area contributed by atoms with Crippen molar-refractivity contribution in [3.05, 3.63) is 29.8 Å². The predicted octanol–water partition coefficient (Wildman–Crippen LogP) is 3.65. The Balaban J connectivity index is 0.00000288. The lowest BCUT2D eigenvalue weighted by atomic mass is 10.0. The van der Waals surface area contributed by atoms with Crippen LogP contribution in [0.15, 0.2) is 24.3 Å². The van der Waals surface area contributed by atoms with Gasteiger partial charge >= 0.3 is 12.5 Å². The number of nitrogens with one attached hydrogen (secondary N) is 1. The zero-order valence-corrected chi connectivity index (χ0v) is 13.7. The quantitative estimate of drug-likeness (QED) is 0.737. The van der Waals surface area contributed by atoms with Gasteiger partial charge in [-0.1, -0.05) is 12.1 Å². The Morgan fingerprint density at radius 2 is 1.88 bits per heavy atom. The Bertz CT molecular complexity index is 501. The molecule has 0 amide bonds. The smallest absolute Gasteiger partial charge is 0.428 e. The molecular formula is C15H20ClF5N2O. The molecule has 1 saturated heterocycles. The van der Waals surface area contributed by atoms with Crippen molar-refractivity contribution in [2.24, 2.45) is 0 Å². The van der Waals surface area contributed by atoms with E-state index in [0.717, 1.165) is 13.1 Å². The molecule has 0 aromatic heterocycles. The van der Waals surface area contributed by atoms with Crippen LogP contribution in [0.3, 0.4) is 0 Å². The molecule has 0 bridgehead atoms. The van der Waals surface area contributed by atoms with Gasteiger partial charge in [-0.2, -0.15) is 17.6 Å². The molecular weight excluding hydrogens is 355 g/mol. The maximum atomic E-state index is 13.0. The molecule has 0 spiro atoms.